The highest BCUT2D eigenvalue weighted by molar-refractivity contribution is 5.34. The minimum atomic E-state index is -4.40. The van der Waals surface area contributed by atoms with Crippen molar-refractivity contribution in [1.29, 1.82) is 0 Å². The lowest BCUT2D eigenvalue weighted by atomic mass is 10.0. The van der Waals surface area contributed by atoms with Crippen molar-refractivity contribution in [1.82, 2.24) is 10.9 Å². The van der Waals surface area contributed by atoms with Gasteiger partial charge in [0.25, 0.3) is 0 Å². The predicted octanol–water partition coefficient (Wildman–Crippen LogP) is 1.94. The molecule has 19 heavy (non-hydrogen) atoms. The minimum absolute atomic E-state index is 0.107. The van der Waals surface area contributed by atoms with Crippen molar-refractivity contribution < 1.29 is 22.6 Å². The quantitative estimate of drug-likeness (QED) is 0.809. The van der Waals surface area contributed by atoms with E-state index in [0.717, 1.165) is 6.42 Å². The van der Waals surface area contributed by atoms with E-state index in [-0.39, 0.29) is 5.56 Å². The molecule has 2 N–H and O–H groups in total. The summed E-state index contributed by atoms with van der Waals surface area (Å²) >= 11 is 0. The van der Waals surface area contributed by atoms with Crippen LogP contribution < -0.4 is 10.9 Å². The van der Waals surface area contributed by atoms with Crippen LogP contribution in [0.4, 0.5) is 13.2 Å². The van der Waals surface area contributed by atoms with E-state index in [4.69, 9.17) is 9.47 Å². The van der Waals surface area contributed by atoms with E-state index >= 15 is 0 Å². The Labute approximate surface area is 107 Å². The second kappa shape index (κ2) is 4.45. The zero-order valence-electron chi connectivity index (χ0n) is 9.96. The minimum Gasteiger partial charge on any atom is -0.348 e. The van der Waals surface area contributed by atoms with E-state index in [2.05, 4.69) is 10.9 Å². The normalized spacial score (nSPS) is 23.3. The molecule has 104 valence electrons. The van der Waals surface area contributed by atoms with Crippen LogP contribution in [-0.4, -0.2) is 19.4 Å². The number of hydrazine groups is 1. The third kappa shape index (κ3) is 2.23. The van der Waals surface area contributed by atoms with Crippen LogP contribution in [0.5, 0.6) is 0 Å². The third-order valence-corrected chi connectivity index (χ3v) is 3.22. The molecule has 3 rings (SSSR count). The first-order valence-corrected chi connectivity index (χ1v) is 5.98. The summed E-state index contributed by atoms with van der Waals surface area (Å²) in [4.78, 5) is 0. The Balaban J connectivity index is 1.88. The molecule has 0 aliphatic carbocycles. The summed E-state index contributed by atoms with van der Waals surface area (Å²) in [5.74, 6) is 0. The van der Waals surface area contributed by atoms with Gasteiger partial charge in [-0.1, -0.05) is 18.2 Å². The zero-order valence-corrected chi connectivity index (χ0v) is 9.96. The highest BCUT2D eigenvalue weighted by atomic mass is 19.4. The summed E-state index contributed by atoms with van der Waals surface area (Å²) in [6, 6.07) is 6.15. The van der Waals surface area contributed by atoms with E-state index in [1.807, 2.05) is 0 Å². The molecular formula is C12H13F3N2O2. The maximum atomic E-state index is 13.0. The van der Waals surface area contributed by atoms with Gasteiger partial charge in [-0.3, -0.25) is 0 Å². The van der Waals surface area contributed by atoms with Crippen LogP contribution in [0.1, 0.15) is 23.8 Å². The molecule has 2 fully saturated rings. The molecule has 2 heterocycles. The maximum absolute atomic E-state index is 13.0. The summed E-state index contributed by atoms with van der Waals surface area (Å²) in [6.45, 7) is 1.10. The maximum Gasteiger partial charge on any atom is 0.426 e. The topological polar surface area (TPSA) is 62.3 Å². The second-order valence-corrected chi connectivity index (χ2v) is 4.55. The number of hydrogen-bond acceptors (Lipinski definition) is 4. The van der Waals surface area contributed by atoms with Crippen LogP contribution in [0.3, 0.4) is 0 Å². The van der Waals surface area contributed by atoms with Crippen molar-refractivity contribution in [2.75, 3.05) is 13.2 Å². The standard InChI is InChI=1S/C12H13F3N2O2/c13-12(14,15)11(16-17-11)9-4-1-3-8(7-9)10-18-5-2-6-19-10/h1,3-4,7,10,16-17H,2,5-6H2. The number of ether oxygens (including phenoxy) is 2. The van der Waals surface area contributed by atoms with Gasteiger partial charge in [0.1, 0.15) is 0 Å². The molecule has 0 unspecified atom stereocenters. The fourth-order valence-electron chi connectivity index (χ4n) is 2.11. The lowest BCUT2D eigenvalue weighted by Crippen LogP contribution is -2.35. The van der Waals surface area contributed by atoms with Crippen LogP contribution in [0.2, 0.25) is 0 Å². The molecular weight excluding hydrogens is 261 g/mol. The Morgan fingerprint density at radius 3 is 2.42 bits per heavy atom. The first-order chi connectivity index (χ1) is 9.03. The van der Waals surface area contributed by atoms with E-state index in [1.54, 1.807) is 12.1 Å². The average Bonchev–Trinajstić information content (AvgIpc) is 3.21. The van der Waals surface area contributed by atoms with Gasteiger partial charge in [-0.2, -0.15) is 13.2 Å². The van der Waals surface area contributed by atoms with Crippen LogP contribution in [-0.2, 0) is 15.1 Å². The lowest BCUT2D eigenvalue weighted by molar-refractivity contribution is -0.183. The molecule has 0 spiro atoms. The lowest BCUT2D eigenvalue weighted by Gasteiger charge is -2.24. The summed E-state index contributed by atoms with van der Waals surface area (Å²) in [7, 11) is 0. The van der Waals surface area contributed by atoms with E-state index < -0.39 is 18.1 Å². The Kier molecular flexibility index (Phi) is 3.01. The molecule has 4 nitrogen and oxygen atoms in total. The number of nitrogens with one attached hydrogen (secondary N) is 2. The van der Waals surface area contributed by atoms with E-state index in [9.17, 15) is 13.2 Å². The summed E-state index contributed by atoms with van der Waals surface area (Å²) < 4.78 is 49.7. The molecule has 7 heteroatoms. The van der Waals surface area contributed by atoms with Gasteiger partial charge < -0.3 is 9.47 Å². The van der Waals surface area contributed by atoms with E-state index in [1.165, 1.54) is 12.1 Å². The molecule has 2 saturated heterocycles. The summed E-state index contributed by atoms with van der Waals surface area (Å²) in [5.41, 5.74) is 2.91. The average molecular weight is 274 g/mol. The predicted molar refractivity (Wildman–Crippen MR) is 59.7 cm³/mol. The molecule has 1 aromatic rings. The molecule has 0 saturated carbocycles. The molecule has 0 bridgehead atoms. The van der Waals surface area contributed by atoms with Gasteiger partial charge >= 0.3 is 6.18 Å². The van der Waals surface area contributed by atoms with Crippen molar-refractivity contribution in [3.8, 4) is 0 Å². The van der Waals surface area contributed by atoms with Gasteiger partial charge in [-0.05, 0) is 18.1 Å². The van der Waals surface area contributed by atoms with Crippen molar-refractivity contribution in [3.05, 3.63) is 35.4 Å². The first kappa shape index (κ1) is 12.9. The molecule has 0 amide bonds. The fourth-order valence-corrected chi connectivity index (χ4v) is 2.11. The van der Waals surface area contributed by atoms with Gasteiger partial charge in [0.15, 0.2) is 6.29 Å². The van der Waals surface area contributed by atoms with Crippen molar-refractivity contribution in [2.45, 2.75) is 24.6 Å². The van der Waals surface area contributed by atoms with Crippen LogP contribution in [0, 0.1) is 0 Å². The van der Waals surface area contributed by atoms with Gasteiger partial charge in [-0.25, -0.2) is 10.9 Å². The summed E-state index contributed by atoms with van der Waals surface area (Å²) in [6.07, 6.45) is -4.19. The van der Waals surface area contributed by atoms with Crippen LogP contribution in [0.15, 0.2) is 24.3 Å². The highest BCUT2D eigenvalue weighted by Gasteiger charge is 2.65. The van der Waals surface area contributed by atoms with Crippen LogP contribution >= 0.6 is 0 Å². The highest BCUT2D eigenvalue weighted by Crippen LogP contribution is 2.42. The molecule has 2 aliphatic rings. The van der Waals surface area contributed by atoms with Crippen molar-refractivity contribution in [3.63, 3.8) is 0 Å². The Morgan fingerprint density at radius 1 is 1.16 bits per heavy atom. The van der Waals surface area contributed by atoms with Gasteiger partial charge in [0, 0.05) is 5.56 Å². The summed E-state index contributed by atoms with van der Waals surface area (Å²) in [5, 5.41) is 0. The number of hydrogen-bond donors (Lipinski definition) is 2. The number of halogens is 3. The molecule has 2 aliphatic heterocycles. The fraction of sp³-hybridized carbons (Fsp3) is 0.500. The van der Waals surface area contributed by atoms with E-state index in [0.29, 0.717) is 18.8 Å². The SMILES string of the molecule is FC(F)(F)C1(c2cccc(C3OCCCO3)c2)NN1. The van der Waals surface area contributed by atoms with Crippen molar-refractivity contribution >= 4 is 0 Å². The second-order valence-electron chi connectivity index (χ2n) is 4.55. The largest absolute Gasteiger partial charge is 0.426 e. The molecule has 0 radical (unpaired) electrons. The molecule has 1 aromatic carbocycles. The smallest absolute Gasteiger partial charge is 0.348 e. The van der Waals surface area contributed by atoms with Gasteiger partial charge in [0.2, 0.25) is 5.66 Å². The van der Waals surface area contributed by atoms with Crippen LogP contribution in [0.25, 0.3) is 0 Å². The Morgan fingerprint density at radius 2 is 1.84 bits per heavy atom. The zero-order chi connectivity index (χ0) is 13.5. The number of rotatable bonds is 2. The molecule has 0 aromatic heterocycles. The van der Waals surface area contributed by atoms with Gasteiger partial charge in [-0.15, -0.1) is 0 Å². The molecule has 0 atom stereocenters. The third-order valence-electron chi connectivity index (χ3n) is 3.22. The van der Waals surface area contributed by atoms with Crippen molar-refractivity contribution in [2.24, 2.45) is 0 Å². The first-order valence-electron chi connectivity index (χ1n) is 5.98. The monoisotopic (exact) mass is 274 g/mol. The number of alkyl halides is 3. The Hall–Kier alpha value is -1.15. The number of benzene rings is 1. The van der Waals surface area contributed by atoms with Gasteiger partial charge in [0.05, 0.1) is 13.2 Å². The Bertz CT molecular complexity index is 468.